The zero-order valence-electron chi connectivity index (χ0n) is 56.6. The van der Waals surface area contributed by atoms with Crippen LogP contribution < -0.4 is 21.3 Å². The second-order valence-corrected chi connectivity index (χ2v) is 28.1. The lowest BCUT2D eigenvalue weighted by molar-refractivity contribution is -0.150. The van der Waals surface area contributed by atoms with Crippen LogP contribution >= 0.6 is 11.6 Å². The third-order valence-corrected chi connectivity index (χ3v) is 20.4. The monoisotopic (exact) mass is 1330 g/mol. The minimum absolute atomic E-state index is 0.0353. The van der Waals surface area contributed by atoms with Gasteiger partial charge in [0.15, 0.2) is 0 Å². The summed E-state index contributed by atoms with van der Waals surface area (Å²) in [7, 11) is 8.68. The van der Waals surface area contributed by atoms with Crippen LogP contribution in [0.3, 0.4) is 0 Å². The summed E-state index contributed by atoms with van der Waals surface area (Å²) < 4.78 is 41.4. The largest absolute Gasteiger partial charge is 0.417 e. The standard InChI is InChI=1S/C67H103ClF3N11O11/c1-12-42(4)57-64(92)78(8)39-55(85)76(6)40-56(86)80(10)52(37-44-22-15-13-16-23-44)63(91)77(7)38-53(83)73-49(30-28-45-27-29-47(48(68)36-45)67(69,70)71)62(90)82-33-21-26-50(82)60(88)75-66(31-19-20-32-66)65(93)81(11)58(46-24-17-14-18-25-46)61(89)72-43(5)35-54(84)79(9)51(34-41(2)3)59(87)74-57/h27,29,36,41-44,46,49-52,57-58H,12-26,28,30-35,37-40H2,1-11H3,(H,72,89)(H,73,83)(H,74,87)(H,75,88)/t42-,43+,49-,50-,51-,52-,57-,58-/m0/s1. The molecule has 2 aliphatic heterocycles. The van der Waals surface area contributed by atoms with Crippen LogP contribution in [0.1, 0.15) is 181 Å². The number of rotatable bonds is 10. The van der Waals surface area contributed by atoms with Gasteiger partial charge in [-0.25, -0.2) is 0 Å². The Morgan fingerprint density at radius 3 is 1.84 bits per heavy atom. The first-order valence-electron chi connectivity index (χ1n) is 33.7. The Hall–Kier alpha value is -6.53. The third-order valence-electron chi connectivity index (χ3n) is 20.1. The maximum Gasteiger partial charge on any atom is 0.417 e. The molecular weight excluding hydrogens is 1230 g/mol. The van der Waals surface area contributed by atoms with E-state index in [9.17, 15) is 56.3 Å². The van der Waals surface area contributed by atoms with Crippen molar-refractivity contribution >= 4 is 76.6 Å². The van der Waals surface area contributed by atoms with E-state index in [2.05, 4.69) is 21.3 Å². The number of amides is 11. The lowest BCUT2D eigenvalue weighted by atomic mass is 9.82. The number of carbonyl (C=O) groups is 11. The lowest BCUT2D eigenvalue weighted by Crippen LogP contribution is -2.64. The number of fused-ring (bicyclic) bond motifs is 1. The summed E-state index contributed by atoms with van der Waals surface area (Å²) in [5.41, 5.74) is -2.22. The molecule has 0 aromatic heterocycles. The molecule has 2 saturated heterocycles. The van der Waals surface area contributed by atoms with Gasteiger partial charge in [0.2, 0.25) is 65.0 Å². The number of nitrogens with zero attached hydrogens (tertiary/aromatic N) is 7. The topological polar surface area (TPSA) is 259 Å². The summed E-state index contributed by atoms with van der Waals surface area (Å²) in [4.78, 5) is 170. The second kappa shape index (κ2) is 33.7. The van der Waals surface area contributed by atoms with Gasteiger partial charge in [-0.05, 0) is 112 Å². The van der Waals surface area contributed by atoms with E-state index in [-0.39, 0.29) is 75.7 Å². The SMILES string of the molecule is CC[C@H](C)[C@@H]1NC(=O)[C@H](CC(C)C)N(C)C(=O)C[C@@H](C)NC(=O)[C@H](C2CCCCC2)N(C)C(=O)C2(CCCC2)NC(=O)[C@@H]2CCCN2C(=O)[C@H](CCc2ccc(C(F)(F)F)c(Cl)c2)NC(=O)CN(C)C(=O)[C@H](CC2CCCCC2)N(C)C(=O)CN(C)C(=O)CN(C)C1=O. The first kappa shape index (κ1) is 75.5. The fraction of sp³-hybridized carbons (Fsp3) is 0.746. The van der Waals surface area contributed by atoms with Crippen LogP contribution in [0.2, 0.25) is 5.02 Å². The van der Waals surface area contributed by atoms with Crippen LogP contribution in [-0.4, -0.2) is 216 Å². The number of carbonyl (C=O) groups excluding carboxylic acids is 11. The summed E-state index contributed by atoms with van der Waals surface area (Å²) in [6.45, 7) is 7.55. The molecule has 3 saturated carbocycles. The highest BCUT2D eigenvalue weighted by Crippen LogP contribution is 2.38. The molecule has 3 aliphatic carbocycles. The van der Waals surface area contributed by atoms with Crippen molar-refractivity contribution < 1.29 is 65.9 Å². The van der Waals surface area contributed by atoms with Crippen molar-refractivity contribution in [2.75, 3.05) is 68.5 Å². The van der Waals surface area contributed by atoms with Crippen LogP contribution in [0.25, 0.3) is 0 Å². The van der Waals surface area contributed by atoms with E-state index in [1.807, 2.05) is 20.8 Å². The molecule has 8 atom stereocenters. The predicted octanol–water partition coefficient (Wildman–Crippen LogP) is 6.09. The molecule has 1 spiro atoms. The normalized spacial score (nSPS) is 27.0. The molecule has 1 aromatic rings. The second-order valence-electron chi connectivity index (χ2n) is 27.7. The molecule has 5 aliphatic rings. The Balaban J connectivity index is 1.37. The van der Waals surface area contributed by atoms with Gasteiger partial charge in [-0.1, -0.05) is 116 Å². The van der Waals surface area contributed by atoms with Crippen LogP contribution in [0.15, 0.2) is 18.2 Å². The van der Waals surface area contributed by atoms with Crippen molar-refractivity contribution in [2.45, 2.75) is 230 Å². The molecule has 0 unspecified atom stereocenters. The number of alkyl halides is 3. The van der Waals surface area contributed by atoms with Crippen molar-refractivity contribution in [1.82, 2.24) is 55.6 Å². The summed E-state index contributed by atoms with van der Waals surface area (Å²) in [6.07, 6.45) is 6.04. The molecule has 4 N–H and O–H groups in total. The average molecular weight is 1330 g/mol. The molecule has 0 bridgehead atoms. The number of likely N-dealkylation sites (N-methyl/N-ethyl adjacent to an activating group) is 6. The Kier molecular flexibility index (Phi) is 27.4. The van der Waals surface area contributed by atoms with Gasteiger partial charge in [0.05, 0.1) is 30.2 Å². The lowest BCUT2D eigenvalue weighted by Gasteiger charge is -2.41. The van der Waals surface area contributed by atoms with Gasteiger partial charge in [-0.3, -0.25) is 52.7 Å². The maximum absolute atomic E-state index is 15.3. The minimum Gasteiger partial charge on any atom is -0.351 e. The number of hydrogen-bond acceptors (Lipinski definition) is 11. The highest BCUT2D eigenvalue weighted by Gasteiger charge is 2.50. The van der Waals surface area contributed by atoms with E-state index < -0.39 is 155 Å². The number of nitrogens with one attached hydrogen (secondary N) is 4. The summed E-state index contributed by atoms with van der Waals surface area (Å²) in [6, 6.07) is -4.44. The van der Waals surface area contributed by atoms with Gasteiger partial charge in [-0.2, -0.15) is 13.2 Å². The highest BCUT2D eigenvalue weighted by atomic mass is 35.5. The average Bonchev–Trinajstić information content (AvgIpc) is 1.75. The van der Waals surface area contributed by atoms with Gasteiger partial charge in [-0.15, -0.1) is 0 Å². The van der Waals surface area contributed by atoms with E-state index in [0.29, 0.717) is 44.1 Å². The quantitative estimate of drug-likeness (QED) is 0.209. The first-order chi connectivity index (χ1) is 43.8. The molecule has 1 aromatic carbocycles. The molecule has 2 heterocycles. The van der Waals surface area contributed by atoms with E-state index in [0.717, 1.165) is 73.3 Å². The van der Waals surface area contributed by atoms with Crippen molar-refractivity contribution in [3.05, 3.63) is 34.3 Å². The van der Waals surface area contributed by atoms with Gasteiger partial charge < -0.3 is 55.6 Å². The number of halogens is 4. The third kappa shape index (κ3) is 19.8. The van der Waals surface area contributed by atoms with Gasteiger partial charge in [0.25, 0.3) is 0 Å². The Bertz CT molecular complexity index is 2850. The maximum atomic E-state index is 15.3. The van der Waals surface area contributed by atoms with E-state index in [1.165, 1.54) is 65.8 Å². The van der Waals surface area contributed by atoms with E-state index >= 15 is 9.59 Å². The summed E-state index contributed by atoms with van der Waals surface area (Å²) in [5.74, 6) is -7.37. The van der Waals surface area contributed by atoms with Crippen molar-refractivity contribution in [3.8, 4) is 0 Å². The van der Waals surface area contributed by atoms with Gasteiger partial charge in [0.1, 0.15) is 41.8 Å². The van der Waals surface area contributed by atoms with Crippen molar-refractivity contribution in [2.24, 2.45) is 23.7 Å². The Morgan fingerprint density at radius 2 is 1.24 bits per heavy atom. The Labute approximate surface area is 552 Å². The fourth-order valence-electron chi connectivity index (χ4n) is 14.3. The van der Waals surface area contributed by atoms with E-state index in [4.69, 9.17) is 11.6 Å². The van der Waals surface area contributed by atoms with Crippen molar-refractivity contribution in [3.63, 3.8) is 0 Å². The summed E-state index contributed by atoms with van der Waals surface area (Å²) in [5, 5.41) is 11.2. The zero-order chi connectivity index (χ0) is 68.8. The highest BCUT2D eigenvalue weighted by molar-refractivity contribution is 6.31. The molecule has 11 amide bonds. The van der Waals surface area contributed by atoms with Gasteiger partial charge in [0, 0.05) is 61.3 Å². The molecule has 6 rings (SSSR count). The molecule has 93 heavy (non-hydrogen) atoms. The predicted molar refractivity (Wildman–Crippen MR) is 344 cm³/mol. The smallest absolute Gasteiger partial charge is 0.351 e. The van der Waals surface area contributed by atoms with Crippen molar-refractivity contribution in [1.29, 1.82) is 0 Å². The molecule has 22 nitrogen and oxygen atoms in total. The molecular formula is C67H103ClF3N11O11. The van der Waals surface area contributed by atoms with E-state index in [1.54, 1.807) is 20.9 Å². The molecule has 520 valence electrons. The van der Waals surface area contributed by atoms with Gasteiger partial charge >= 0.3 is 6.18 Å². The fourth-order valence-corrected chi connectivity index (χ4v) is 14.6. The first-order valence-corrected chi connectivity index (χ1v) is 34.1. The zero-order valence-corrected chi connectivity index (χ0v) is 57.4. The number of hydrogen-bond donors (Lipinski definition) is 4. The molecule has 0 radical (unpaired) electrons. The minimum atomic E-state index is -4.74. The van der Waals surface area contributed by atoms with Crippen LogP contribution in [0, 0.1) is 23.7 Å². The summed E-state index contributed by atoms with van der Waals surface area (Å²) >= 11 is 6.13. The molecule has 26 heteroatoms. The van der Waals surface area contributed by atoms with Crippen LogP contribution in [0.4, 0.5) is 13.2 Å². The number of benzene rings is 1. The van der Waals surface area contributed by atoms with Crippen LogP contribution in [0.5, 0.6) is 0 Å². The Morgan fingerprint density at radius 1 is 0.634 bits per heavy atom. The van der Waals surface area contributed by atoms with Crippen LogP contribution in [-0.2, 0) is 65.3 Å². The molecule has 5 fully saturated rings. The number of aryl methyl sites for hydroxylation is 1.